The quantitative estimate of drug-likeness (QED) is 0.453. The first-order valence-electron chi connectivity index (χ1n) is 4.07. The van der Waals surface area contributed by atoms with Crippen molar-refractivity contribution in [3.63, 3.8) is 0 Å². The van der Waals surface area contributed by atoms with E-state index >= 15 is 0 Å². The number of ketones is 1. The number of hydrogen-bond donors (Lipinski definition) is 1. The van der Waals surface area contributed by atoms with Crippen molar-refractivity contribution in [2.75, 3.05) is 0 Å². The largest absolute Gasteiger partial charge is 0.478 e. The van der Waals surface area contributed by atoms with Gasteiger partial charge in [-0.05, 0) is 24.3 Å². The number of Topliss-reactive ketones (excluding diaryl/α,β-unsaturated/α-hetero) is 1. The Balaban J connectivity index is 2.77. The van der Waals surface area contributed by atoms with Gasteiger partial charge in [0.1, 0.15) is 5.75 Å². The van der Waals surface area contributed by atoms with E-state index in [1.54, 1.807) is 0 Å². The van der Waals surface area contributed by atoms with Gasteiger partial charge in [0.15, 0.2) is 0 Å². The maximum absolute atomic E-state index is 10.8. The number of esters is 1. The molecule has 0 heterocycles. The smallest absolute Gasteiger partial charge is 0.379 e. The van der Waals surface area contributed by atoms with E-state index in [1.165, 1.54) is 24.3 Å². The van der Waals surface area contributed by atoms with E-state index in [0.717, 1.165) is 6.92 Å². The van der Waals surface area contributed by atoms with Crippen LogP contribution in [0.1, 0.15) is 17.3 Å². The zero-order chi connectivity index (χ0) is 11.4. The van der Waals surface area contributed by atoms with Gasteiger partial charge in [-0.3, -0.25) is 4.79 Å². The molecule has 0 bridgehead atoms. The van der Waals surface area contributed by atoms with Gasteiger partial charge in [-0.15, -0.1) is 0 Å². The van der Waals surface area contributed by atoms with Crippen LogP contribution in [-0.2, 0) is 9.59 Å². The predicted molar refractivity (Wildman–Crippen MR) is 49.7 cm³/mol. The van der Waals surface area contributed by atoms with Gasteiger partial charge in [0.2, 0.25) is 5.78 Å². The fraction of sp³-hybridized carbons (Fsp3) is 0.100. The third-order valence-corrected chi connectivity index (χ3v) is 1.60. The molecule has 0 aliphatic rings. The number of ether oxygens (including phenoxy) is 1. The van der Waals surface area contributed by atoms with Gasteiger partial charge in [0.25, 0.3) is 0 Å². The molecule has 0 saturated heterocycles. The Morgan fingerprint density at radius 3 is 2.07 bits per heavy atom. The minimum absolute atomic E-state index is 0.0811. The van der Waals surface area contributed by atoms with Crippen molar-refractivity contribution in [2.45, 2.75) is 6.92 Å². The SMILES string of the molecule is CC(=O)C(=O)Oc1ccc(C(=O)O)cc1. The lowest BCUT2D eigenvalue weighted by molar-refractivity contribution is -0.146. The van der Waals surface area contributed by atoms with Crippen LogP contribution in [0.5, 0.6) is 5.75 Å². The van der Waals surface area contributed by atoms with Crippen molar-refractivity contribution in [3.05, 3.63) is 29.8 Å². The van der Waals surface area contributed by atoms with Crippen LogP contribution in [0.4, 0.5) is 0 Å². The molecule has 5 heteroatoms. The summed E-state index contributed by atoms with van der Waals surface area (Å²) in [5.74, 6) is -2.62. The number of aromatic carboxylic acids is 1. The fourth-order valence-electron chi connectivity index (χ4n) is 0.844. The Labute approximate surface area is 85.3 Å². The van der Waals surface area contributed by atoms with E-state index in [2.05, 4.69) is 4.74 Å². The third-order valence-electron chi connectivity index (χ3n) is 1.60. The molecule has 0 spiro atoms. The number of hydrogen-bond acceptors (Lipinski definition) is 4. The zero-order valence-corrected chi connectivity index (χ0v) is 7.89. The maximum Gasteiger partial charge on any atom is 0.379 e. The molecule has 0 radical (unpaired) electrons. The molecule has 0 unspecified atom stereocenters. The molecule has 15 heavy (non-hydrogen) atoms. The van der Waals surface area contributed by atoms with Crippen LogP contribution < -0.4 is 4.74 Å². The van der Waals surface area contributed by atoms with Crippen LogP contribution in [0, 0.1) is 0 Å². The Morgan fingerprint density at radius 2 is 1.67 bits per heavy atom. The van der Waals surface area contributed by atoms with Crippen molar-refractivity contribution in [1.29, 1.82) is 0 Å². The van der Waals surface area contributed by atoms with Crippen LogP contribution in [0.3, 0.4) is 0 Å². The average molecular weight is 208 g/mol. The van der Waals surface area contributed by atoms with E-state index in [9.17, 15) is 14.4 Å². The highest BCUT2D eigenvalue weighted by molar-refractivity contribution is 6.33. The Kier molecular flexibility index (Phi) is 3.17. The van der Waals surface area contributed by atoms with Gasteiger partial charge in [-0.1, -0.05) is 0 Å². The second-order valence-corrected chi connectivity index (χ2v) is 2.78. The molecule has 0 aromatic heterocycles. The third kappa shape index (κ3) is 2.91. The summed E-state index contributed by atoms with van der Waals surface area (Å²) in [5.41, 5.74) is 0.0811. The molecule has 0 atom stereocenters. The number of benzene rings is 1. The number of carboxylic acid groups (broad SMARTS) is 1. The monoisotopic (exact) mass is 208 g/mol. The van der Waals surface area contributed by atoms with Crippen LogP contribution >= 0.6 is 0 Å². The highest BCUT2D eigenvalue weighted by Gasteiger charge is 2.10. The summed E-state index contributed by atoms with van der Waals surface area (Å²) >= 11 is 0. The molecule has 0 amide bonds. The van der Waals surface area contributed by atoms with Gasteiger partial charge in [-0.25, -0.2) is 9.59 Å². The van der Waals surface area contributed by atoms with Crippen molar-refractivity contribution >= 4 is 17.7 Å². The minimum atomic E-state index is -1.07. The number of carboxylic acids is 1. The standard InChI is InChI=1S/C10H8O5/c1-6(11)10(14)15-8-4-2-7(3-5-8)9(12)13/h2-5H,1H3,(H,12,13). The highest BCUT2D eigenvalue weighted by Crippen LogP contribution is 2.12. The second kappa shape index (κ2) is 4.36. The van der Waals surface area contributed by atoms with E-state index in [4.69, 9.17) is 5.11 Å². The lowest BCUT2D eigenvalue weighted by Crippen LogP contribution is -2.16. The van der Waals surface area contributed by atoms with E-state index < -0.39 is 17.7 Å². The molecule has 0 fully saturated rings. The van der Waals surface area contributed by atoms with Gasteiger partial charge < -0.3 is 9.84 Å². The van der Waals surface area contributed by atoms with Gasteiger partial charge >= 0.3 is 11.9 Å². The first-order valence-corrected chi connectivity index (χ1v) is 4.07. The maximum atomic E-state index is 10.8. The zero-order valence-electron chi connectivity index (χ0n) is 7.89. The Hall–Kier alpha value is -2.17. The number of carbonyl (C=O) groups is 3. The number of carbonyl (C=O) groups excluding carboxylic acids is 2. The summed E-state index contributed by atoms with van der Waals surface area (Å²) in [7, 11) is 0. The lowest BCUT2D eigenvalue weighted by Gasteiger charge is -2.01. The molecular formula is C10H8O5. The van der Waals surface area contributed by atoms with Crippen molar-refractivity contribution in [3.8, 4) is 5.75 Å². The summed E-state index contributed by atoms with van der Waals surface area (Å²) in [6.45, 7) is 1.09. The predicted octanol–water partition coefficient (Wildman–Crippen LogP) is 0.879. The summed E-state index contributed by atoms with van der Waals surface area (Å²) in [5, 5.41) is 8.58. The lowest BCUT2D eigenvalue weighted by atomic mass is 10.2. The molecule has 1 aromatic carbocycles. The molecule has 0 saturated carbocycles. The molecular weight excluding hydrogens is 200 g/mol. The first kappa shape index (κ1) is 10.9. The van der Waals surface area contributed by atoms with E-state index in [1.807, 2.05) is 0 Å². The normalized spacial score (nSPS) is 9.40. The summed E-state index contributed by atoms with van der Waals surface area (Å²) in [6, 6.07) is 5.19. The molecule has 0 aliphatic carbocycles. The second-order valence-electron chi connectivity index (χ2n) is 2.78. The summed E-state index contributed by atoms with van der Waals surface area (Å²) in [4.78, 5) is 31.9. The first-order chi connectivity index (χ1) is 7.00. The van der Waals surface area contributed by atoms with Crippen LogP contribution in [0.25, 0.3) is 0 Å². The van der Waals surface area contributed by atoms with Gasteiger partial charge in [0.05, 0.1) is 5.56 Å². The highest BCUT2D eigenvalue weighted by atomic mass is 16.5. The minimum Gasteiger partial charge on any atom is -0.478 e. The molecule has 0 aliphatic heterocycles. The van der Waals surface area contributed by atoms with E-state index in [-0.39, 0.29) is 11.3 Å². The van der Waals surface area contributed by atoms with Gasteiger partial charge in [0, 0.05) is 6.92 Å². The molecule has 78 valence electrons. The van der Waals surface area contributed by atoms with Gasteiger partial charge in [-0.2, -0.15) is 0 Å². The van der Waals surface area contributed by atoms with Crippen molar-refractivity contribution < 1.29 is 24.2 Å². The Bertz CT molecular complexity index is 404. The molecule has 1 rings (SSSR count). The van der Waals surface area contributed by atoms with Crippen molar-refractivity contribution in [1.82, 2.24) is 0 Å². The van der Waals surface area contributed by atoms with Crippen LogP contribution in [0.2, 0.25) is 0 Å². The van der Waals surface area contributed by atoms with Crippen molar-refractivity contribution in [2.24, 2.45) is 0 Å². The molecule has 5 nitrogen and oxygen atoms in total. The molecule has 1 aromatic rings. The average Bonchev–Trinajstić information content (AvgIpc) is 2.18. The Morgan fingerprint density at radius 1 is 1.13 bits per heavy atom. The van der Waals surface area contributed by atoms with E-state index in [0.29, 0.717) is 0 Å². The fourth-order valence-corrected chi connectivity index (χ4v) is 0.844. The summed E-state index contributed by atoms with van der Waals surface area (Å²) in [6.07, 6.45) is 0. The van der Waals surface area contributed by atoms with Crippen LogP contribution in [-0.4, -0.2) is 22.8 Å². The topological polar surface area (TPSA) is 80.7 Å². The molecule has 1 N–H and O–H groups in total. The summed E-state index contributed by atoms with van der Waals surface area (Å²) < 4.78 is 4.63. The number of rotatable bonds is 3. The van der Waals surface area contributed by atoms with Crippen LogP contribution in [0.15, 0.2) is 24.3 Å².